The highest BCUT2D eigenvalue weighted by Gasteiger charge is 2.09. The number of carbonyl (C=O) groups is 1. The van der Waals surface area contributed by atoms with Gasteiger partial charge in [-0.25, -0.2) is 0 Å². The summed E-state index contributed by atoms with van der Waals surface area (Å²) >= 11 is 0. The minimum absolute atomic E-state index is 0.0727. The van der Waals surface area contributed by atoms with Gasteiger partial charge in [-0.3, -0.25) is 4.79 Å². The van der Waals surface area contributed by atoms with Crippen LogP contribution in [0.3, 0.4) is 0 Å². The smallest absolute Gasteiger partial charge is 0.221 e. The van der Waals surface area contributed by atoms with Gasteiger partial charge in [0.05, 0.1) is 12.3 Å². The molecule has 1 amide bonds. The molecule has 0 aliphatic rings. The van der Waals surface area contributed by atoms with Crippen molar-refractivity contribution >= 4 is 22.5 Å². The first kappa shape index (κ1) is 19.0. The van der Waals surface area contributed by atoms with Gasteiger partial charge in [0.1, 0.15) is 5.75 Å². The van der Waals surface area contributed by atoms with Crippen LogP contribution in [-0.2, 0) is 11.2 Å². The molecule has 1 unspecified atom stereocenters. The van der Waals surface area contributed by atoms with E-state index in [0.717, 1.165) is 28.8 Å². The van der Waals surface area contributed by atoms with Crippen molar-refractivity contribution in [2.45, 2.75) is 26.3 Å². The first-order valence-electron chi connectivity index (χ1n) is 9.21. The quantitative estimate of drug-likeness (QED) is 0.654. The summed E-state index contributed by atoms with van der Waals surface area (Å²) in [5.41, 5.74) is 4.23. The summed E-state index contributed by atoms with van der Waals surface area (Å²) < 4.78 is 5.97. The molecule has 1 aromatic heterocycles. The number of anilines is 1. The first-order valence-corrected chi connectivity index (χ1v) is 9.21. The second-order valence-electron chi connectivity index (χ2n) is 7.07. The Morgan fingerprint density at radius 1 is 1.22 bits per heavy atom. The van der Waals surface area contributed by atoms with Crippen LogP contribution in [0.25, 0.3) is 10.9 Å². The van der Waals surface area contributed by atoms with E-state index in [4.69, 9.17) is 4.74 Å². The number of rotatable bonds is 7. The maximum absolute atomic E-state index is 11.3. The van der Waals surface area contributed by atoms with Gasteiger partial charge in [0.25, 0.3) is 0 Å². The Bertz CT molecular complexity index is 930. The SMILES string of the molecule is CC(=O)Nc1c[nH]c2ccc(CCOc3cccc(C(C)N(C)C)c3)cc12. The van der Waals surface area contributed by atoms with Gasteiger partial charge in [0.15, 0.2) is 0 Å². The molecule has 0 aliphatic carbocycles. The van der Waals surface area contributed by atoms with E-state index in [1.165, 1.54) is 18.1 Å². The zero-order chi connectivity index (χ0) is 19.4. The number of hydrogen-bond acceptors (Lipinski definition) is 3. The molecule has 27 heavy (non-hydrogen) atoms. The molecule has 0 bridgehead atoms. The molecular weight excluding hydrogens is 338 g/mol. The lowest BCUT2D eigenvalue weighted by atomic mass is 10.1. The van der Waals surface area contributed by atoms with Gasteiger partial charge in [0, 0.05) is 36.5 Å². The number of H-pyrrole nitrogens is 1. The predicted octanol–water partition coefficient (Wildman–Crippen LogP) is 4.37. The minimum atomic E-state index is -0.0727. The van der Waals surface area contributed by atoms with Gasteiger partial charge in [-0.05, 0) is 56.4 Å². The number of fused-ring (bicyclic) bond motifs is 1. The zero-order valence-corrected chi connectivity index (χ0v) is 16.4. The third kappa shape index (κ3) is 4.68. The van der Waals surface area contributed by atoms with E-state index in [-0.39, 0.29) is 5.91 Å². The van der Waals surface area contributed by atoms with E-state index in [1.54, 1.807) is 0 Å². The Hall–Kier alpha value is -2.79. The molecule has 5 heteroatoms. The van der Waals surface area contributed by atoms with Crippen LogP contribution in [0.5, 0.6) is 5.75 Å². The fraction of sp³-hybridized carbons (Fsp3) is 0.318. The highest BCUT2D eigenvalue weighted by atomic mass is 16.5. The summed E-state index contributed by atoms with van der Waals surface area (Å²) in [6.45, 7) is 4.30. The molecule has 0 spiro atoms. The van der Waals surface area contributed by atoms with Gasteiger partial charge in [-0.1, -0.05) is 18.2 Å². The van der Waals surface area contributed by atoms with Crippen molar-refractivity contribution in [3.63, 3.8) is 0 Å². The number of amides is 1. The molecule has 0 aliphatic heterocycles. The van der Waals surface area contributed by atoms with Crippen molar-refractivity contribution in [2.24, 2.45) is 0 Å². The van der Waals surface area contributed by atoms with Crippen LogP contribution >= 0.6 is 0 Å². The predicted molar refractivity (Wildman–Crippen MR) is 110 cm³/mol. The number of ether oxygens (including phenoxy) is 1. The number of nitrogens with one attached hydrogen (secondary N) is 2. The van der Waals surface area contributed by atoms with Crippen LogP contribution in [-0.4, -0.2) is 36.5 Å². The highest BCUT2D eigenvalue weighted by Crippen LogP contribution is 2.25. The van der Waals surface area contributed by atoms with Crippen molar-refractivity contribution < 1.29 is 9.53 Å². The lowest BCUT2D eigenvalue weighted by Gasteiger charge is -2.20. The van der Waals surface area contributed by atoms with Crippen LogP contribution in [0.4, 0.5) is 5.69 Å². The number of benzene rings is 2. The van der Waals surface area contributed by atoms with E-state index in [0.29, 0.717) is 12.6 Å². The van der Waals surface area contributed by atoms with Crippen LogP contribution in [0, 0.1) is 0 Å². The highest BCUT2D eigenvalue weighted by molar-refractivity contribution is 6.01. The number of nitrogens with zero attached hydrogens (tertiary/aromatic N) is 1. The molecule has 0 saturated heterocycles. The summed E-state index contributed by atoms with van der Waals surface area (Å²) in [6.07, 6.45) is 2.62. The van der Waals surface area contributed by atoms with E-state index in [1.807, 2.05) is 24.4 Å². The maximum Gasteiger partial charge on any atom is 0.221 e. The summed E-state index contributed by atoms with van der Waals surface area (Å²) in [4.78, 5) is 16.7. The number of aromatic nitrogens is 1. The standard InChI is InChI=1S/C22H27N3O2/c1-15(25(3)4)18-6-5-7-19(13-18)27-11-10-17-8-9-21-20(12-17)22(14-23-21)24-16(2)26/h5-9,12-15,23H,10-11H2,1-4H3,(H,24,26). The van der Waals surface area contributed by atoms with E-state index in [9.17, 15) is 4.79 Å². The average Bonchev–Trinajstić information content (AvgIpc) is 3.03. The number of hydrogen-bond donors (Lipinski definition) is 2. The third-order valence-electron chi connectivity index (χ3n) is 4.83. The Morgan fingerprint density at radius 2 is 2.04 bits per heavy atom. The van der Waals surface area contributed by atoms with E-state index in [2.05, 4.69) is 60.5 Å². The topological polar surface area (TPSA) is 57.4 Å². The van der Waals surface area contributed by atoms with Gasteiger partial charge in [-0.2, -0.15) is 0 Å². The molecule has 2 N–H and O–H groups in total. The van der Waals surface area contributed by atoms with Gasteiger partial charge in [0.2, 0.25) is 5.91 Å². The van der Waals surface area contributed by atoms with Crippen molar-refractivity contribution in [1.82, 2.24) is 9.88 Å². The fourth-order valence-corrected chi connectivity index (χ4v) is 3.07. The van der Waals surface area contributed by atoms with Crippen molar-refractivity contribution in [1.29, 1.82) is 0 Å². The molecule has 0 radical (unpaired) electrons. The average molecular weight is 365 g/mol. The minimum Gasteiger partial charge on any atom is -0.493 e. The molecule has 0 fully saturated rings. The zero-order valence-electron chi connectivity index (χ0n) is 16.4. The lowest BCUT2D eigenvalue weighted by Crippen LogP contribution is -2.16. The fourth-order valence-electron chi connectivity index (χ4n) is 3.07. The van der Waals surface area contributed by atoms with Crippen LogP contribution in [0.1, 0.15) is 31.0 Å². The second-order valence-corrected chi connectivity index (χ2v) is 7.07. The molecule has 1 atom stereocenters. The summed E-state index contributed by atoms with van der Waals surface area (Å²) in [5, 5.41) is 3.88. The Labute approximate surface area is 160 Å². The van der Waals surface area contributed by atoms with Crippen LogP contribution in [0.15, 0.2) is 48.7 Å². The molecule has 142 valence electrons. The molecule has 3 rings (SSSR count). The second kappa shape index (κ2) is 8.27. The molecular formula is C22H27N3O2. The summed E-state index contributed by atoms with van der Waals surface area (Å²) in [7, 11) is 4.15. The van der Waals surface area contributed by atoms with Gasteiger partial charge in [-0.15, -0.1) is 0 Å². The van der Waals surface area contributed by atoms with Gasteiger partial charge < -0.3 is 19.9 Å². The van der Waals surface area contributed by atoms with Gasteiger partial charge >= 0.3 is 0 Å². The summed E-state index contributed by atoms with van der Waals surface area (Å²) in [5.74, 6) is 0.819. The number of carbonyl (C=O) groups excluding carboxylic acids is 1. The van der Waals surface area contributed by atoms with Crippen molar-refractivity contribution in [3.8, 4) is 5.75 Å². The Morgan fingerprint density at radius 3 is 2.78 bits per heavy atom. The van der Waals surface area contributed by atoms with E-state index < -0.39 is 0 Å². The van der Waals surface area contributed by atoms with Crippen molar-refractivity contribution in [3.05, 3.63) is 59.8 Å². The van der Waals surface area contributed by atoms with Crippen LogP contribution < -0.4 is 10.1 Å². The molecule has 2 aromatic carbocycles. The molecule has 1 heterocycles. The van der Waals surface area contributed by atoms with Crippen LogP contribution in [0.2, 0.25) is 0 Å². The largest absolute Gasteiger partial charge is 0.493 e. The molecule has 0 saturated carbocycles. The van der Waals surface area contributed by atoms with Crippen molar-refractivity contribution in [2.75, 3.05) is 26.0 Å². The Balaban J connectivity index is 1.65. The summed E-state index contributed by atoms with van der Waals surface area (Å²) in [6, 6.07) is 14.8. The Kier molecular flexibility index (Phi) is 5.81. The lowest BCUT2D eigenvalue weighted by molar-refractivity contribution is -0.114. The normalized spacial score (nSPS) is 12.3. The third-order valence-corrected chi connectivity index (χ3v) is 4.83. The van der Waals surface area contributed by atoms with E-state index >= 15 is 0 Å². The maximum atomic E-state index is 11.3. The molecule has 3 aromatic rings. The number of aromatic amines is 1. The first-order chi connectivity index (χ1) is 12.9. The molecule has 5 nitrogen and oxygen atoms in total. The monoisotopic (exact) mass is 365 g/mol.